The van der Waals surface area contributed by atoms with E-state index in [-0.39, 0.29) is 6.04 Å². The lowest BCUT2D eigenvalue weighted by atomic mass is 10.0. The van der Waals surface area contributed by atoms with Crippen molar-refractivity contribution in [2.24, 2.45) is 5.73 Å². The summed E-state index contributed by atoms with van der Waals surface area (Å²) in [5.74, 6) is 0.835. The molecule has 1 unspecified atom stereocenters. The number of rotatable bonds is 6. The van der Waals surface area contributed by atoms with Crippen LogP contribution in [0.1, 0.15) is 31.1 Å². The Morgan fingerprint density at radius 2 is 2.05 bits per heavy atom. The minimum atomic E-state index is -0.0890. The number of ether oxygens (including phenoxy) is 1. The summed E-state index contributed by atoms with van der Waals surface area (Å²) in [6.07, 6.45) is 1.82. The van der Waals surface area contributed by atoms with Crippen molar-refractivity contribution < 1.29 is 4.74 Å². The molecular formula is C17H23N3O. The SMILES string of the molecule is CCN(Cc1ccccn1)c1cccc(OC)c1C(C)N. The summed E-state index contributed by atoms with van der Waals surface area (Å²) in [5, 5.41) is 0. The first-order chi connectivity index (χ1) is 10.2. The zero-order valence-corrected chi connectivity index (χ0v) is 12.9. The maximum absolute atomic E-state index is 6.15. The summed E-state index contributed by atoms with van der Waals surface area (Å²) in [6, 6.07) is 11.9. The fourth-order valence-corrected chi connectivity index (χ4v) is 2.50. The zero-order valence-electron chi connectivity index (χ0n) is 12.9. The smallest absolute Gasteiger partial charge is 0.125 e. The van der Waals surface area contributed by atoms with Crippen LogP contribution in [-0.4, -0.2) is 18.6 Å². The third-order valence-corrected chi connectivity index (χ3v) is 3.52. The molecule has 0 saturated carbocycles. The molecule has 112 valence electrons. The summed E-state index contributed by atoms with van der Waals surface area (Å²) >= 11 is 0. The van der Waals surface area contributed by atoms with Gasteiger partial charge >= 0.3 is 0 Å². The number of pyridine rings is 1. The Hall–Kier alpha value is -2.07. The molecular weight excluding hydrogens is 262 g/mol. The highest BCUT2D eigenvalue weighted by molar-refractivity contribution is 5.60. The second-order valence-electron chi connectivity index (χ2n) is 5.02. The Kier molecular flexibility index (Phi) is 5.17. The number of methoxy groups -OCH3 is 1. The Bertz CT molecular complexity index is 570. The van der Waals surface area contributed by atoms with E-state index in [0.29, 0.717) is 0 Å². The van der Waals surface area contributed by atoms with Gasteiger partial charge < -0.3 is 15.4 Å². The second-order valence-corrected chi connectivity index (χ2v) is 5.02. The Labute approximate surface area is 126 Å². The van der Waals surface area contributed by atoms with Gasteiger partial charge in [-0.15, -0.1) is 0 Å². The molecule has 1 aromatic heterocycles. The van der Waals surface area contributed by atoms with Gasteiger partial charge in [-0.25, -0.2) is 0 Å². The number of nitrogens with two attached hydrogens (primary N) is 1. The van der Waals surface area contributed by atoms with Gasteiger partial charge in [0.05, 0.1) is 19.3 Å². The predicted octanol–water partition coefficient (Wildman–Crippen LogP) is 3.14. The van der Waals surface area contributed by atoms with Gasteiger partial charge in [0.25, 0.3) is 0 Å². The van der Waals surface area contributed by atoms with Crippen LogP contribution < -0.4 is 15.4 Å². The zero-order chi connectivity index (χ0) is 15.2. The van der Waals surface area contributed by atoms with Gasteiger partial charge in [0.15, 0.2) is 0 Å². The van der Waals surface area contributed by atoms with E-state index in [0.717, 1.165) is 35.8 Å². The van der Waals surface area contributed by atoms with Crippen LogP contribution in [0.15, 0.2) is 42.6 Å². The van der Waals surface area contributed by atoms with Crippen molar-refractivity contribution in [3.8, 4) is 5.75 Å². The molecule has 1 aromatic carbocycles. The first-order valence-electron chi connectivity index (χ1n) is 7.24. The van der Waals surface area contributed by atoms with E-state index >= 15 is 0 Å². The van der Waals surface area contributed by atoms with Crippen LogP contribution >= 0.6 is 0 Å². The molecule has 0 spiro atoms. The first kappa shape index (κ1) is 15.3. The van der Waals surface area contributed by atoms with Crippen molar-refractivity contribution in [2.45, 2.75) is 26.4 Å². The number of hydrogen-bond donors (Lipinski definition) is 1. The minimum Gasteiger partial charge on any atom is -0.496 e. The summed E-state index contributed by atoms with van der Waals surface area (Å²) in [4.78, 5) is 6.67. The Morgan fingerprint density at radius 3 is 2.62 bits per heavy atom. The maximum Gasteiger partial charge on any atom is 0.125 e. The molecule has 0 aliphatic heterocycles. The molecule has 0 aliphatic carbocycles. The van der Waals surface area contributed by atoms with Crippen molar-refractivity contribution in [1.82, 2.24) is 4.98 Å². The number of benzene rings is 1. The molecule has 4 nitrogen and oxygen atoms in total. The molecule has 1 heterocycles. The first-order valence-corrected chi connectivity index (χ1v) is 7.24. The molecule has 2 rings (SSSR count). The molecule has 0 amide bonds. The number of aromatic nitrogens is 1. The highest BCUT2D eigenvalue weighted by Crippen LogP contribution is 2.34. The highest BCUT2D eigenvalue weighted by Gasteiger charge is 2.17. The van der Waals surface area contributed by atoms with Crippen LogP contribution in [0.2, 0.25) is 0 Å². The third kappa shape index (κ3) is 3.52. The Morgan fingerprint density at radius 1 is 1.24 bits per heavy atom. The lowest BCUT2D eigenvalue weighted by Crippen LogP contribution is -2.25. The van der Waals surface area contributed by atoms with Gasteiger partial charge in [0.2, 0.25) is 0 Å². The lowest BCUT2D eigenvalue weighted by Gasteiger charge is -2.27. The monoisotopic (exact) mass is 285 g/mol. The van der Waals surface area contributed by atoms with Crippen LogP contribution in [0.25, 0.3) is 0 Å². The van der Waals surface area contributed by atoms with Crippen molar-refractivity contribution in [1.29, 1.82) is 0 Å². The van der Waals surface area contributed by atoms with Gasteiger partial charge in [-0.05, 0) is 38.1 Å². The molecule has 0 bridgehead atoms. The van der Waals surface area contributed by atoms with E-state index in [1.54, 1.807) is 7.11 Å². The summed E-state index contributed by atoms with van der Waals surface area (Å²) < 4.78 is 5.47. The maximum atomic E-state index is 6.15. The van der Waals surface area contributed by atoms with E-state index in [9.17, 15) is 0 Å². The van der Waals surface area contributed by atoms with Gasteiger partial charge in [-0.1, -0.05) is 12.1 Å². The van der Waals surface area contributed by atoms with Crippen LogP contribution in [0, 0.1) is 0 Å². The van der Waals surface area contributed by atoms with Crippen LogP contribution in [0.4, 0.5) is 5.69 Å². The van der Waals surface area contributed by atoms with E-state index in [4.69, 9.17) is 10.5 Å². The average molecular weight is 285 g/mol. The molecule has 2 N–H and O–H groups in total. The summed E-state index contributed by atoms with van der Waals surface area (Å²) in [6.45, 7) is 5.75. The molecule has 0 radical (unpaired) electrons. The van der Waals surface area contributed by atoms with Gasteiger partial charge in [0, 0.05) is 30.0 Å². The van der Waals surface area contributed by atoms with E-state index in [1.807, 2.05) is 43.5 Å². The predicted molar refractivity (Wildman–Crippen MR) is 86.6 cm³/mol. The van der Waals surface area contributed by atoms with E-state index in [2.05, 4.69) is 22.9 Å². The van der Waals surface area contributed by atoms with Gasteiger partial charge in [-0.3, -0.25) is 4.98 Å². The minimum absolute atomic E-state index is 0.0890. The lowest BCUT2D eigenvalue weighted by molar-refractivity contribution is 0.407. The van der Waals surface area contributed by atoms with Crippen LogP contribution in [-0.2, 0) is 6.54 Å². The van der Waals surface area contributed by atoms with Crippen molar-refractivity contribution in [2.75, 3.05) is 18.6 Å². The number of anilines is 1. The normalized spacial score (nSPS) is 12.0. The fourth-order valence-electron chi connectivity index (χ4n) is 2.50. The third-order valence-electron chi connectivity index (χ3n) is 3.52. The van der Waals surface area contributed by atoms with Crippen molar-refractivity contribution in [3.05, 3.63) is 53.9 Å². The summed E-state index contributed by atoms with van der Waals surface area (Å²) in [7, 11) is 1.68. The molecule has 21 heavy (non-hydrogen) atoms. The van der Waals surface area contributed by atoms with Crippen molar-refractivity contribution >= 4 is 5.69 Å². The summed E-state index contributed by atoms with van der Waals surface area (Å²) in [5.41, 5.74) is 9.34. The number of hydrogen-bond acceptors (Lipinski definition) is 4. The molecule has 4 heteroatoms. The fraction of sp³-hybridized carbons (Fsp3) is 0.353. The average Bonchev–Trinajstić information content (AvgIpc) is 2.52. The van der Waals surface area contributed by atoms with E-state index in [1.165, 1.54) is 0 Å². The molecule has 0 fully saturated rings. The quantitative estimate of drug-likeness (QED) is 0.886. The number of nitrogens with zero attached hydrogens (tertiary/aromatic N) is 2. The molecule has 2 aromatic rings. The van der Waals surface area contributed by atoms with Gasteiger partial charge in [-0.2, -0.15) is 0 Å². The van der Waals surface area contributed by atoms with Crippen LogP contribution in [0.5, 0.6) is 5.75 Å². The Balaban J connectivity index is 2.38. The topological polar surface area (TPSA) is 51.4 Å². The van der Waals surface area contributed by atoms with E-state index < -0.39 is 0 Å². The second kappa shape index (κ2) is 7.09. The van der Waals surface area contributed by atoms with Gasteiger partial charge in [0.1, 0.15) is 5.75 Å². The molecule has 0 aliphatic rings. The largest absolute Gasteiger partial charge is 0.496 e. The van der Waals surface area contributed by atoms with Crippen LogP contribution in [0.3, 0.4) is 0 Å². The van der Waals surface area contributed by atoms with Crippen molar-refractivity contribution in [3.63, 3.8) is 0 Å². The molecule has 1 atom stereocenters. The highest BCUT2D eigenvalue weighted by atomic mass is 16.5. The standard InChI is InChI=1S/C17H23N3O/c1-4-20(12-14-8-5-6-11-19-14)15-9-7-10-16(21-3)17(15)13(2)18/h5-11,13H,4,12,18H2,1-3H3. The molecule has 0 saturated heterocycles.